The van der Waals surface area contributed by atoms with Crippen molar-refractivity contribution in [2.75, 3.05) is 35.0 Å². The number of hydrogen-bond acceptors (Lipinski definition) is 6. The van der Waals surface area contributed by atoms with E-state index in [0.29, 0.717) is 55.3 Å². The smallest absolute Gasteiger partial charge is 0.251 e. The van der Waals surface area contributed by atoms with E-state index in [1.165, 1.54) is 4.31 Å². The van der Waals surface area contributed by atoms with Gasteiger partial charge in [0.2, 0.25) is 10.0 Å². The number of β-amino-alcohol motifs (C(OH)–C–C–N with tert-alkyl or cyclic N) is 1. The molecule has 4 N–H and O–H groups in total. The second-order valence-electron chi connectivity index (χ2n) is 11.9. The van der Waals surface area contributed by atoms with Crippen molar-refractivity contribution in [2.45, 2.75) is 84.4 Å². The zero-order chi connectivity index (χ0) is 29.3. The van der Waals surface area contributed by atoms with Crippen LogP contribution in [0.3, 0.4) is 0 Å². The fraction of sp³-hybridized carbons (Fsp3) is 0.581. The lowest BCUT2D eigenvalue weighted by molar-refractivity contribution is 0.0812. The molecular formula is C31H48N4O4S. The largest absolute Gasteiger partial charge is 0.390 e. The second kappa shape index (κ2) is 14.3. The molecule has 0 spiro atoms. The van der Waals surface area contributed by atoms with Crippen molar-refractivity contribution in [1.29, 1.82) is 0 Å². The van der Waals surface area contributed by atoms with Gasteiger partial charge in [-0.1, -0.05) is 57.0 Å². The van der Waals surface area contributed by atoms with Crippen molar-refractivity contribution in [3.63, 3.8) is 0 Å². The number of carbonyl (C=O) groups is 1. The number of amides is 1. The Morgan fingerprint density at radius 1 is 1.12 bits per heavy atom. The molecule has 3 rings (SSSR count). The molecule has 1 saturated heterocycles. The predicted octanol–water partition coefficient (Wildman–Crippen LogP) is 4.55. The van der Waals surface area contributed by atoms with Crippen LogP contribution in [0.4, 0.5) is 11.4 Å². The number of carbonyl (C=O) groups excluding carboxylic acids is 1. The molecule has 2 aromatic rings. The van der Waals surface area contributed by atoms with E-state index >= 15 is 0 Å². The van der Waals surface area contributed by atoms with Gasteiger partial charge < -0.3 is 21.1 Å². The van der Waals surface area contributed by atoms with Crippen molar-refractivity contribution in [2.24, 2.45) is 5.92 Å². The number of hydrogen-bond donors (Lipinski definition) is 4. The summed E-state index contributed by atoms with van der Waals surface area (Å²) in [5.41, 5.74) is 2.37. The number of aliphatic hydroxyl groups excluding tert-OH is 1. The number of sulfonamides is 1. The predicted molar refractivity (Wildman–Crippen MR) is 165 cm³/mol. The van der Waals surface area contributed by atoms with E-state index in [-0.39, 0.29) is 17.2 Å². The third-order valence-corrected chi connectivity index (χ3v) is 9.27. The van der Waals surface area contributed by atoms with E-state index in [4.69, 9.17) is 0 Å². The van der Waals surface area contributed by atoms with Crippen LogP contribution in [-0.2, 0) is 16.4 Å². The lowest BCUT2D eigenvalue weighted by Crippen LogP contribution is -2.52. The van der Waals surface area contributed by atoms with E-state index in [1.54, 1.807) is 18.2 Å². The summed E-state index contributed by atoms with van der Waals surface area (Å²) in [6, 6.07) is 14.4. The number of anilines is 2. The van der Waals surface area contributed by atoms with Gasteiger partial charge in [0.15, 0.2) is 0 Å². The van der Waals surface area contributed by atoms with E-state index in [9.17, 15) is 18.3 Å². The summed E-state index contributed by atoms with van der Waals surface area (Å²) in [4.78, 5) is 13.6. The molecule has 2 atom stereocenters. The summed E-state index contributed by atoms with van der Waals surface area (Å²) >= 11 is 0. The van der Waals surface area contributed by atoms with Gasteiger partial charge in [-0.3, -0.25) is 9.10 Å². The number of nitrogens with one attached hydrogen (secondary N) is 3. The summed E-state index contributed by atoms with van der Waals surface area (Å²) in [7, 11) is -3.40. The quantitative estimate of drug-likeness (QED) is 0.249. The summed E-state index contributed by atoms with van der Waals surface area (Å²) in [6.45, 7) is 12.0. The molecule has 1 aliphatic rings. The molecule has 8 nitrogen and oxygen atoms in total. The minimum atomic E-state index is -3.40. The van der Waals surface area contributed by atoms with Crippen LogP contribution < -0.4 is 20.3 Å². The molecule has 222 valence electrons. The Morgan fingerprint density at radius 3 is 2.48 bits per heavy atom. The van der Waals surface area contributed by atoms with Gasteiger partial charge in [-0.25, -0.2) is 8.42 Å². The van der Waals surface area contributed by atoms with Crippen LogP contribution in [0.2, 0.25) is 0 Å². The molecular weight excluding hydrogens is 524 g/mol. The first-order valence-corrected chi connectivity index (χ1v) is 16.2. The minimum absolute atomic E-state index is 0.103. The highest BCUT2D eigenvalue weighted by molar-refractivity contribution is 7.93. The number of rotatable bonds is 15. The maximum atomic E-state index is 13.6. The van der Waals surface area contributed by atoms with E-state index in [0.717, 1.165) is 24.8 Å². The van der Waals surface area contributed by atoms with Crippen molar-refractivity contribution in [3.8, 4) is 0 Å². The molecule has 0 bridgehead atoms. The Kier molecular flexibility index (Phi) is 11.4. The normalized spacial score (nSPS) is 16.6. The molecule has 0 unspecified atom stereocenters. The Morgan fingerprint density at radius 2 is 1.85 bits per heavy atom. The van der Waals surface area contributed by atoms with Gasteiger partial charge in [-0.15, -0.1) is 0 Å². The molecule has 0 saturated carbocycles. The zero-order valence-electron chi connectivity index (χ0n) is 24.7. The van der Waals surface area contributed by atoms with Crippen molar-refractivity contribution in [3.05, 3.63) is 59.7 Å². The second-order valence-corrected chi connectivity index (χ2v) is 13.9. The SMILES string of the molecule is CCNc1cc(C(=O)N[C@@H](Cc2ccccc2)[C@H](O)CNC(C)(C)CCCC(C)C)cc(N2CCCS2(=O)=O)c1. The summed E-state index contributed by atoms with van der Waals surface area (Å²) in [5, 5.41) is 21.1. The van der Waals surface area contributed by atoms with Crippen LogP contribution in [0, 0.1) is 5.92 Å². The number of benzene rings is 2. The van der Waals surface area contributed by atoms with Crippen LogP contribution in [-0.4, -0.2) is 62.5 Å². The number of nitrogens with zero attached hydrogens (tertiary/aromatic N) is 1. The lowest BCUT2D eigenvalue weighted by Gasteiger charge is -2.31. The lowest BCUT2D eigenvalue weighted by atomic mass is 9.93. The summed E-state index contributed by atoms with van der Waals surface area (Å²) in [5.74, 6) is 0.407. The average Bonchev–Trinajstić information content (AvgIpc) is 3.26. The van der Waals surface area contributed by atoms with Gasteiger partial charge in [0.05, 0.1) is 23.6 Å². The highest BCUT2D eigenvalue weighted by Gasteiger charge is 2.30. The van der Waals surface area contributed by atoms with Crippen LogP contribution in [0.5, 0.6) is 0 Å². The van der Waals surface area contributed by atoms with Gasteiger partial charge in [-0.2, -0.15) is 0 Å². The van der Waals surface area contributed by atoms with Crippen LogP contribution in [0.15, 0.2) is 48.5 Å². The van der Waals surface area contributed by atoms with Crippen LogP contribution in [0.25, 0.3) is 0 Å². The zero-order valence-corrected chi connectivity index (χ0v) is 25.6. The van der Waals surface area contributed by atoms with Gasteiger partial charge in [0, 0.05) is 36.4 Å². The molecule has 1 heterocycles. The average molecular weight is 573 g/mol. The maximum Gasteiger partial charge on any atom is 0.251 e. The fourth-order valence-electron chi connectivity index (χ4n) is 5.09. The highest BCUT2D eigenvalue weighted by Crippen LogP contribution is 2.28. The fourth-order valence-corrected chi connectivity index (χ4v) is 6.64. The molecule has 1 aliphatic heterocycles. The first-order valence-electron chi connectivity index (χ1n) is 14.6. The summed E-state index contributed by atoms with van der Waals surface area (Å²) < 4.78 is 26.6. The molecule has 1 amide bonds. The van der Waals surface area contributed by atoms with Crippen molar-refractivity contribution >= 4 is 27.3 Å². The molecule has 2 aromatic carbocycles. The molecule has 40 heavy (non-hydrogen) atoms. The van der Waals surface area contributed by atoms with Crippen LogP contribution >= 0.6 is 0 Å². The van der Waals surface area contributed by atoms with E-state index < -0.39 is 22.2 Å². The topological polar surface area (TPSA) is 111 Å². The molecule has 0 radical (unpaired) electrons. The number of aliphatic hydroxyl groups is 1. The van der Waals surface area contributed by atoms with Gasteiger partial charge in [0.25, 0.3) is 5.91 Å². The third kappa shape index (κ3) is 9.49. The standard InChI is InChI=1S/C31H48N4O4S/c1-6-32-26-19-25(20-27(21-26)35-16-11-17-40(35,38)39)30(37)34-28(18-24-13-8-7-9-14-24)29(36)22-33-31(4,5)15-10-12-23(2)3/h7-9,13-14,19-21,23,28-29,32-33,36H,6,10-12,15-18,22H2,1-5H3,(H,34,37)/t28-,29+/m0/s1. The Labute approximate surface area is 241 Å². The van der Waals surface area contributed by atoms with E-state index in [2.05, 4.69) is 43.6 Å². The van der Waals surface area contributed by atoms with Crippen molar-refractivity contribution < 1.29 is 18.3 Å². The van der Waals surface area contributed by atoms with Gasteiger partial charge in [0.1, 0.15) is 0 Å². The van der Waals surface area contributed by atoms with Crippen molar-refractivity contribution in [1.82, 2.24) is 10.6 Å². The first kappa shape index (κ1) is 31.9. The molecule has 0 aliphatic carbocycles. The van der Waals surface area contributed by atoms with Crippen LogP contribution in [0.1, 0.15) is 76.2 Å². The van der Waals surface area contributed by atoms with Gasteiger partial charge in [-0.05, 0) is 69.7 Å². The maximum absolute atomic E-state index is 13.6. The molecule has 1 fully saturated rings. The Bertz CT molecular complexity index is 1200. The molecule has 9 heteroatoms. The first-order chi connectivity index (χ1) is 18.9. The third-order valence-electron chi connectivity index (χ3n) is 7.40. The highest BCUT2D eigenvalue weighted by atomic mass is 32.2. The monoisotopic (exact) mass is 572 g/mol. The summed E-state index contributed by atoms with van der Waals surface area (Å²) in [6.07, 6.45) is 3.45. The Balaban J connectivity index is 1.80. The molecule has 0 aromatic heterocycles. The Hall–Kier alpha value is -2.62. The van der Waals surface area contributed by atoms with E-state index in [1.807, 2.05) is 37.3 Å². The minimum Gasteiger partial charge on any atom is -0.390 e. The van der Waals surface area contributed by atoms with Gasteiger partial charge >= 0.3 is 0 Å².